The van der Waals surface area contributed by atoms with Crippen molar-refractivity contribution in [2.24, 2.45) is 4.99 Å². The number of fused-ring (bicyclic) bond motifs is 1. The van der Waals surface area contributed by atoms with Crippen molar-refractivity contribution in [1.29, 1.82) is 0 Å². The molecule has 0 radical (unpaired) electrons. The second kappa shape index (κ2) is 8.26. The largest absolute Gasteiger partial charge is 0.497 e. The van der Waals surface area contributed by atoms with Gasteiger partial charge in [-0.2, -0.15) is 4.99 Å². The number of hydrogen-bond acceptors (Lipinski definition) is 5. The van der Waals surface area contributed by atoms with Crippen LogP contribution in [0.1, 0.15) is 23.7 Å². The van der Waals surface area contributed by atoms with E-state index in [0.717, 1.165) is 28.9 Å². The number of aryl methyl sites for hydroxylation is 1. The predicted octanol–water partition coefficient (Wildman–Crippen LogP) is 3.88. The highest BCUT2D eigenvalue weighted by molar-refractivity contribution is 7.16. The number of aromatic nitrogens is 1. The first-order chi connectivity index (χ1) is 13.1. The summed E-state index contributed by atoms with van der Waals surface area (Å²) in [5.41, 5.74) is 1.43. The summed E-state index contributed by atoms with van der Waals surface area (Å²) < 4.78 is 18.9. The van der Waals surface area contributed by atoms with Crippen LogP contribution in [-0.4, -0.2) is 31.8 Å². The monoisotopic (exact) mass is 386 g/mol. The van der Waals surface area contributed by atoms with Crippen molar-refractivity contribution in [3.8, 4) is 17.2 Å². The fraction of sp³-hybridized carbons (Fsp3) is 0.300. The van der Waals surface area contributed by atoms with Crippen molar-refractivity contribution in [1.82, 2.24) is 4.57 Å². The van der Waals surface area contributed by atoms with Gasteiger partial charge in [0.05, 0.1) is 31.5 Å². The number of hydrogen-bond donors (Lipinski definition) is 0. The maximum Gasteiger partial charge on any atom is 0.279 e. The van der Waals surface area contributed by atoms with Gasteiger partial charge in [0, 0.05) is 24.2 Å². The molecule has 0 atom stereocenters. The van der Waals surface area contributed by atoms with E-state index in [1.54, 1.807) is 39.5 Å². The van der Waals surface area contributed by atoms with Gasteiger partial charge >= 0.3 is 0 Å². The van der Waals surface area contributed by atoms with E-state index in [9.17, 15) is 4.79 Å². The Balaban J connectivity index is 2.12. The number of nitrogens with zero attached hydrogens (tertiary/aromatic N) is 2. The first-order valence-corrected chi connectivity index (χ1v) is 9.40. The zero-order valence-corrected chi connectivity index (χ0v) is 16.6. The molecule has 142 valence electrons. The van der Waals surface area contributed by atoms with E-state index in [2.05, 4.69) is 16.5 Å². The highest BCUT2D eigenvalue weighted by Crippen LogP contribution is 2.25. The number of carbonyl (C=O) groups excluding carboxylic acids is 1. The highest BCUT2D eigenvalue weighted by atomic mass is 32.1. The van der Waals surface area contributed by atoms with Crippen LogP contribution in [0, 0.1) is 0 Å². The van der Waals surface area contributed by atoms with Gasteiger partial charge in [-0.1, -0.05) is 18.3 Å². The molecule has 1 aromatic heterocycles. The van der Waals surface area contributed by atoms with E-state index >= 15 is 0 Å². The predicted molar refractivity (Wildman–Crippen MR) is 106 cm³/mol. The van der Waals surface area contributed by atoms with Crippen molar-refractivity contribution >= 4 is 27.5 Å². The Kier molecular flexibility index (Phi) is 5.81. The number of thiazole rings is 1. The van der Waals surface area contributed by atoms with Gasteiger partial charge in [0.15, 0.2) is 4.80 Å². The maximum atomic E-state index is 12.8. The molecule has 2 aromatic carbocycles. The van der Waals surface area contributed by atoms with Gasteiger partial charge in [-0.15, -0.1) is 0 Å². The lowest BCUT2D eigenvalue weighted by atomic mass is 10.2. The average Bonchev–Trinajstić information content (AvgIpc) is 3.04. The minimum atomic E-state index is -0.337. The number of carbonyl (C=O) groups is 1. The maximum absolute atomic E-state index is 12.8. The summed E-state index contributed by atoms with van der Waals surface area (Å²) in [5.74, 6) is 1.54. The Labute approximate surface area is 161 Å². The Bertz CT molecular complexity index is 1010. The molecule has 0 spiro atoms. The Hall–Kier alpha value is -2.80. The standard InChI is InChI=1S/C20H22N2O4S/c1-5-8-22-17-12-14(24-2)6-7-18(17)27-20(22)21-19(23)13-9-15(25-3)11-16(10-13)26-4/h6-7,9-12H,5,8H2,1-4H3. The van der Waals surface area contributed by atoms with E-state index in [1.165, 1.54) is 11.3 Å². The van der Waals surface area contributed by atoms with E-state index in [1.807, 2.05) is 18.2 Å². The van der Waals surface area contributed by atoms with Crippen molar-refractivity contribution in [3.63, 3.8) is 0 Å². The molecule has 0 aliphatic carbocycles. The molecular weight excluding hydrogens is 364 g/mol. The Morgan fingerprint density at radius 2 is 1.67 bits per heavy atom. The van der Waals surface area contributed by atoms with E-state index in [4.69, 9.17) is 14.2 Å². The number of amides is 1. The lowest BCUT2D eigenvalue weighted by Gasteiger charge is -2.06. The molecule has 1 heterocycles. The van der Waals surface area contributed by atoms with Gasteiger partial charge in [-0.05, 0) is 30.7 Å². The summed E-state index contributed by atoms with van der Waals surface area (Å²) in [7, 11) is 4.74. The van der Waals surface area contributed by atoms with Crippen LogP contribution in [0.5, 0.6) is 17.2 Å². The molecule has 6 nitrogen and oxygen atoms in total. The molecule has 27 heavy (non-hydrogen) atoms. The second-order valence-corrected chi connectivity index (χ2v) is 6.90. The SMILES string of the molecule is CCCn1c(=NC(=O)c2cc(OC)cc(OC)c2)sc2ccc(OC)cc21. The quantitative estimate of drug-likeness (QED) is 0.645. The lowest BCUT2D eigenvalue weighted by molar-refractivity contribution is 0.0997. The number of ether oxygens (including phenoxy) is 3. The third kappa shape index (κ3) is 3.98. The van der Waals surface area contributed by atoms with Gasteiger partial charge in [0.25, 0.3) is 5.91 Å². The zero-order valence-electron chi connectivity index (χ0n) is 15.8. The van der Waals surface area contributed by atoms with Crippen LogP contribution in [-0.2, 0) is 6.54 Å². The molecule has 0 saturated carbocycles. The molecule has 0 bridgehead atoms. The van der Waals surface area contributed by atoms with E-state index in [-0.39, 0.29) is 5.91 Å². The van der Waals surface area contributed by atoms with Crippen LogP contribution in [0.2, 0.25) is 0 Å². The fourth-order valence-electron chi connectivity index (χ4n) is 2.78. The first kappa shape index (κ1) is 19.0. The second-order valence-electron chi connectivity index (χ2n) is 5.89. The first-order valence-electron chi connectivity index (χ1n) is 8.59. The molecule has 1 amide bonds. The normalized spacial score (nSPS) is 11.6. The molecule has 0 aliphatic rings. The van der Waals surface area contributed by atoms with E-state index in [0.29, 0.717) is 21.9 Å². The summed E-state index contributed by atoms with van der Waals surface area (Å²) in [4.78, 5) is 17.8. The fourth-order valence-corrected chi connectivity index (χ4v) is 3.82. The van der Waals surface area contributed by atoms with Gasteiger partial charge in [-0.3, -0.25) is 4.79 Å². The van der Waals surface area contributed by atoms with E-state index < -0.39 is 0 Å². The number of rotatable bonds is 6. The van der Waals surface area contributed by atoms with Crippen LogP contribution in [0.3, 0.4) is 0 Å². The Morgan fingerprint density at radius 3 is 2.26 bits per heavy atom. The van der Waals surface area contributed by atoms with Crippen molar-refractivity contribution in [2.45, 2.75) is 19.9 Å². The molecule has 7 heteroatoms. The third-order valence-corrected chi connectivity index (χ3v) is 5.19. The third-order valence-electron chi connectivity index (χ3n) is 4.13. The summed E-state index contributed by atoms with van der Waals surface area (Å²) in [6.07, 6.45) is 0.928. The minimum absolute atomic E-state index is 0.337. The van der Waals surface area contributed by atoms with Crippen LogP contribution in [0.25, 0.3) is 10.2 Å². The van der Waals surface area contributed by atoms with Gasteiger partial charge in [-0.25, -0.2) is 0 Å². The molecule has 3 rings (SSSR count). The summed E-state index contributed by atoms with van der Waals surface area (Å²) >= 11 is 1.48. The van der Waals surface area contributed by atoms with Crippen molar-refractivity contribution in [3.05, 3.63) is 46.8 Å². The summed E-state index contributed by atoms with van der Waals surface area (Å²) in [6, 6.07) is 10.9. The Morgan fingerprint density at radius 1 is 1.00 bits per heavy atom. The van der Waals surface area contributed by atoms with Crippen LogP contribution >= 0.6 is 11.3 Å². The molecule has 0 aliphatic heterocycles. The molecule has 0 saturated heterocycles. The lowest BCUT2D eigenvalue weighted by Crippen LogP contribution is -2.17. The molecule has 0 fully saturated rings. The summed E-state index contributed by atoms with van der Waals surface area (Å²) in [5, 5.41) is 0. The molecule has 0 unspecified atom stereocenters. The molecular formula is C20H22N2O4S. The van der Waals surface area contributed by atoms with Crippen LogP contribution < -0.4 is 19.0 Å². The zero-order chi connectivity index (χ0) is 19.4. The van der Waals surface area contributed by atoms with Crippen molar-refractivity contribution in [2.75, 3.05) is 21.3 Å². The van der Waals surface area contributed by atoms with Gasteiger partial charge in [0.1, 0.15) is 17.2 Å². The minimum Gasteiger partial charge on any atom is -0.497 e. The van der Waals surface area contributed by atoms with Crippen molar-refractivity contribution < 1.29 is 19.0 Å². The van der Waals surface area contributed by atoms with Crippen LogP contribution in [0.4, 0.5) is 0 Å². The molecule has 0 N–H and O–H groups in total. The van der Waals surface area contributed by atoms with Gasteiger partial charge in [0.2, 0.25) is 0 Å². The topological polar surface area (TPSA) is 62.1 Å². The highest BCUT2D eigenvalue weighted by Gasteiger charge is 2.12. The summed E-state index contributed by atoms with van der Waals surface area (Å²) in [6.45, 7) is 2.86. The molecule has 3 aromatic rings. The van der Waals surface area contributed by atoms with Gasteiger partial charge < -0.3 is 18.8 Å². The average molecular weight is 386 g/mol. The number of methoxy groups -OCH3 is 3. The smallest absolute Gasteiger partial charge is 0.279 e. The van der Waals surface area contributed by atoms with Crippen LogP contribution in [0.15, 0.2) is 41.4 Å². The number of benzene rings is 2.